The largest absolute Gasteiger partial charge is 0.248 e. The van der Waals surface area contributed by atoms with Crippen molar-refractivity contribution in [2.75, 3.05) is 0 Å². The van der Waals surface area contributed by atoms with Crippen molar-refractivity contribution >= 4 is 15.9 Å². The summed E-state index contributed by atoms with van der Waals surface area (Å²) in [7, 11) is 0. The molecule has 0 fully saturated rings. The monoisotopic (exact) mass is 327 g/mol. The fraction of sp³-hybridized carbons (Fsp3) is 0.125. The first-order chi connectivity index (χ1) is 9.79. The lowest BCUT2D eigenvalue weighted by Gasteiger charge is -2.07. The van der Waals surface area contributed by atoms with Gasteiger partial charge < -0.3 is 0 Å². The Balaban J connectivity index is 1.83. The van der Waals surface area contributed by atoms with Gasteiger partial charge in [-0.3, -0.25) is 0 Å². The molecule has 0 spiro atoms. The Morgan fingerprint density at radius 1 is 0.950 bits per heavy atom. The van der Waals surface area contributed by atoms with Crippen LogP contribution in [0.2, 0.25) is 0 Å². The van der Waals surface area contributed by atoms with Crippen molar-refractivity contribution in [2.45, 2.75) is 13.0 Å². The lowest BCUT2D eigenvalue weighted by Crippen LogP contribution is -2.01. The summed E-state index contributed by atoms with van der Waals surface area (Å²) in [5.41, 5.74) is 3.83. The highest BCUT2D eigenvalue weighted by molar-refractivity contribution is 9.10. The van der Waals surface area contributed by atoms with Crippen LogP contribution in [0.5, 0.6) is 0 Å². The summed E-state index contributed by atoms with van der Waals surface area (Å²) in [6.45, 7) is 0.737. The molecule has 0 atom stereocenters. The van der Waals surface area contributed by atoms with Crippen LogP contribution in [0.15, 0.2) is 65.4 Å². The number of rotatable bonds is 4. The van der Waals surface area contributed by atoms with E-state index in [1.807, 2.05) is 16.9 Å². The molecule has 0 radical (unpaired) electrons. The topological polar surface area (TPSA) is 30.7 Å². The molecule has 0 saturated heterocycles. The maximum atomic E-state index is 4.01. The molecule has 0 aliphatic heterocycles. The highest BCUT2D eigenvalue weighted by Crippen LogP contribution is 2.19. The number of hydrogen-bond donors (Lipinski definition) is 0. The molecule has 0 amide bonds. The van der Waals surface area contributed by atoms with Crippen LogP contribution in [-0.2, 0) is 13.0 Å². The predicted octanol–water partition coefficient (Wildman–Crippen LogP) is 3.68. The molecule has 1 heterocycles. The minimum atomic E-state index is 0.737. The van der Waals surface area contributed by atoms with E-state index in [2.05, 4.69) is 68.7 Å². The summed E-state index contributed by atoms with van der Waals surface area (Å²) in [6.07, 6.45) is 4.51. The third-order valence-electron chi connectivity index (χ3n) is 3.08. The Morgan fingerprint density at radius 3 is 2.50 bits per heavy atom. The second-order valence-electron chi connectivity index (χ2n) is 4.73. The average molecular weight is 328 g/mol. The molecule has 4 heteroatoms. The Labute approximate surface area is 126 Å². The fourth-order valence-electron chi connectivity index (χ4n) is 2.25. The molecule has 100 valence electrons. The Bertz CT molecular complexity index is 678. The minimum Gasteiger partial charge on any atom is -0.248 e. The van der Waals surface area contributed by atoms with E-state index in [1.165, 1.54) is 16.7 Å². The van der Waals surface area contributed by atoms with Crippen LogP contribution < -0.4 is 0 Å². The van der Waals surface area contributed by atoms with E-state index in [4.69, 9.17) is 0 Å². The molecular formula is C16H14BrN3. The fourth-order valence-corrected chi connectivity index (χ4v) is 2.83. The van der Waals surface area contributed by atoms with Gasteiger partial charge in [0.2, 0.25) is 0 Å². The van der Waals surface area contributed by atoms with Crippen molar-refractivity contribution in [2.24, 2.45) is 0 Å². The quantitative estimate of drug-likeness (QED) is 0.731. The molecule has 0 aliphatic carbocycles. The SMILES string of the molecule is Brc1cc(Cc2ccccc2)cc(Cn2ccnn2)c1. The zero-order valence-electron chi connectivity index (χ0n) is 10.9. The van der Waals surface area contributed by atoms with Gasteiger partial charge in [-0.1, -0.05) is 57.5 Å². The molecule has 0 unspecified atom stereocenters. The molecule has 0 bridgehead atoms. The van der Waals surface area contributed by atoms with Crippen LogP contribution in [0.3, 0.4) is 0 Å². The van der Waals surface area contributed by atoms with Crippen molar-refractivity contribution in [3.05, 3.63) is 82.1 Å². The number of hydrogen-bond acceptors (Lipinski definition) is 2. The summed E-state index contributed by atoms with van der Waals surface area (Å²) in [5.74, 6) is 0. The van der Waals surface area contributed by atoms with Crippen molar-refractivity contribution in [1.29, 1.82) is 0 Å². The molecule has 1 aromatic heterocycles. The number of nitrogens with zero attached hydrogens (tertiary/aromatic N) is 3. The Morgan fingerprint density at radius 2 is 1.75 bits per heavy atom. The molecule has 0 aliphatic rings. The van der Waals surface area contributed by atoms with Gasteiger partial charge in [0.15, 0.2) is 0 Å². The van der Waals surface area contributed by atoms with E-state index in [-0.39, 0.29) is 0 Å². The number of benzene rings is 2. The summed E-state index contributed by atoms with van der Waals surface area (Å²) >= 11 is 3.59. The van der Waals surface area contributed by atoms with Gasteiger partial charge in [0.25, 0.3) is 0 Å². The molecule has 3 rings (SSSR count). The first-order valence-electron chi connectivity index (χ1n) is 6.46. The van der Waals surface area contributed by atoms with Crippen LogP contribution in [0.4, 0.5) is 0 Å². The van der Waals surface area contributed by atoms with E-state index < -0.39 is 0 Å². The first-order valence-corrected chi connectivity index (χ1v) is 7.25. The number of aromatic nitrogens is 3. The van der Waals surface area contributed by atoms with Crippen LogP contribution in [0, 0.1) is 0 Å². The lowest BCUT2D eigenvalue weighted by atomic mass is 10.0. The van der Waals surface area contributed by atoms with Crippen LogP contribution in [-0.4, -0.2) is 15.0 Å². The molecule has 20 heavy (non-hydrogen) atoms. The minimum absolute atomic E-state index is 0.737. The zero-order chi connectivity index (χ0) is 13.8. The smallest absolute Gasteiger partial charge is 0.0693 e. The van der Waals surface area contributed by atoms with E-state index in [0.717, 1.165) is 17.4 Å². The third-order valence-corrected chi connectivity index (χ3v) is 3.54. The Kier molecular flexibility index (Phi) is 3.92. The van der Waals surface area contributed by atoms with Gasteiger partial charge in [0.1, 0.15) is 0 Å². The van der Waals surface area contributed by atoms with E-state index in [0.29, 0.717) is 0 Å². The number of halogens is 1. The van der Waals surface area contributed by atoms with Gasteiger partial charge in [0, 0.05) is 10.7 Å². The first kappa shape index (κ1) is 13.1. The second-order valence-corrected chi connectivity index (χ2v) is 5.65. The van der Waals surface area contributed by atoms with Crippen LogP contribution >= 0.6 is 15.9 Å². The lowest BCUT2D eigenvalue weighted by molar-refractivity contribution is 0.649. The predicted molar refractivity (Wildman–Crippen MR) is 82.5 cm³/mol. The normalized spacial score (nSPS) is 10.7. The summed E-state index contributed by atoms with van der Waals surface area (Å²) in [6, 6.07) is 17.0. The standard InChI is InChI=1S/C16H14BrN3/c17-16-10-14(8-13-4-2-1-3-5-13)9-15(11-16)12-20-7-6-18-19-20/h1-7,9-11H,8,12H2. The van der Waals surface area contributed by atoms with Gasteiger partial charge >= 0.3 is 0 Å². The van der Waals surface area contributed by atoms with Crippen molar-refractivity contribution < 1.29 is 0 Å². The van der Waals surface area contributed by atoms with E-state index in [9.17, 15) is 0 Å². The van der Waals surface area contributed by atoms with Gasteiger partial charge in [0.05, 0.1) is 12.7 Å². The van der Waals surface area contributed by atoms with E-state index >= 15 is 0 Å². The zero-order valence-corrected chi connectivity index (χ0v) is 12.5. The molecule has 3 aromatic rings. The Hall–Kier alpha value is -1.94. The van der Waals surface area contributed by atoms with Crippen molar-refractivity contribution in [3.8, 4) is 0 Å². The molecule has 0 saturated carbocycles. The second kappa shape index (κ2) is 6.01. The van der Waals surface area contributed by atoms with Gasteiger partial charge in [-0.05, 0) is 35.2 Å². The maximum absolute atomic E-state index is 4.01. The summed E-state index contributed by atoms with van der Waals surface area (Å²) in [5, 5.41) is 7.84. The molecule has 2 aromatic carbocycles. The van der Waals surface area contributed by atoms with Gasteiger partial charge in [-0.25, -0.2) is 4.68 Å². The highest BCUT2D eigenvalue weighted by atomic mass is 79.9. The maximum Gasteiger partial charge on any atom is 0.0693 e. The molecule has 0 N–H and O–H groups in total. The van der Waals surface area contributed by atoms with Gasteiger partial charge in [-0.15, -0.1) is 5.10 Å². The van der Waals surface area contributed by atoms with Crippen LogP contribution in [0.1, 0.15) is 16.7 Å². The summed E-state index contributed by atoms with van der Waals surface area (Å²) in [4.78, 5) is 0. The summed E-state index contributed by atoms with van der Waals surface area (Å²) < 4.78 is 2.93. The van der Waals surface area contributed by atoms with Crippen molar-refractivity contribution in [3.63, 3.8) is 0 Å². The molecular weight excluding hydrogens is 314 g/mol. The molecule has 3 nitrogen and oxygen atoms in total. The van der Waals surface area contributed by atoms with Gasteiger partial charge in [-0.2, -0.15) is 0 Å². The van der Waals surface area contributed by atoms with Crippen LogP contribution in [0.25, 0.3) is 0 Å². The highest BCUT2D eigenvalue weighted by Gasteiger charge is 2.02. The third kappa shape index (κ3) is 3.33. The van der Waals surface area contributed by atoms with E-state index in [1.54, 1.807) is 6.20 Å². The average Bonchev–Trinajstić information content (AvgIpc) is 2.92. The van der Waals surface area contributed by atoms with Crippen molar-refractivity contribution in [1.82, 2.24) is 15.0 Å².